The van der Waals surface area contributed by atoms with E-state index in [0.29, 0.717) is 23.6 Å². The van der Waals surface area contributed by atoms with E-state index in [4.69, 9.17) is 9.47 Å². The van der Waals surface area contributed by atoms with Gasteiger partial charge in [0, 0.05) is 42.8 Å². The zero-order valence-corrected chi connectivity index (χ0v) is 15.7. The van der Waals surface area contributed by atoms with Gasteiger partial charge in [0.1, 0.15) is 0 Å². The molecule has 3 rings (SSSR count). The molecule has 0 N–H and O–H groups in total. The summed E-state index contributed by atoms with van der Waals surface area (Å²) < 4.78 is 12.9. The molecule has 0 atom stereocenters. The molecule has 0 aliphatic heterocycles. The lowest BCUT2D eigenvalue weighted by atomic mass is 10.1. The molecular weight excluding hydrogens is 328 g/mol. The third-order valence-electron chi connectivity index (χ3n) is 4.60. The Labute approximate surface area is 153 Å². The number of ether oxygens (including phenoxy) is 2. The van der Waals surface area contributed by atoms with Crippen LogP contribution in [0.4, 0.5) is 0 Å². The number of methoxy groups -OCH3 is 2. The van der Waals surface area contributed by atoms with Crippen molar-refractivity contribution in [1.29, 1.82) is 0 Å². The van der Waals surface area contributed by atoms with Crippen molar-refractivity contribution in [2.24, 2.45) is 0 Å². The first kappa shape index (κ1) is 17.9. The molecule has 0 saturated heterocycles. The van der Waals surface area contributed by atoms with Crippen molar-refractivity contribution in [3.05, 3.63) is 59.8 Å². The van der Waals surface area contributed by atoms with Gasteiger partial charge in [-0.05, 0) is 19.1 Å². The lowest BCUT2D eigenvalue weighted by molar-refractivity contribution is 0.0785. The van der Waals surface area contributed by atoms with Crippen molar-refractivity contribution in [3.63, 3.8) is 0 Å². The Kier molecular flexibility index (Phi) is 5.16. The normalized spacial score (nSPS) is 10.8. The Bertz CT molecular complexity index is 930. The molecule has 0 spiro atoms. The van der Waals surface area contributed by atoms with Gasteiger partial charge in [-0.25, -0.2) is 0 Å². The van der Waals surface area contributed by atoms with Crippen molar-refractivity contribution in [1.82, 2.24) is 9.47 Å². The van der Waals surface area contributed by atoms with E-state index < -0.39 is 0 Å². The number of aromatic nitrogens is 1. The second-order valence-corrected chi connectivity index (χ2v) is 6.16. The van der Waals surface area contributed by atoms with Crippen molar-refractivity contribution in [2.45, 2.75) is 20.0 Å². The lowest BCUT2D eigenvalue weighted by Crippen LogP contribution is -2.26. The number of para-hydroxylation sites is 2. The third-order valence-corrected chi connectivity index (χ3v) is 4.60. The van der Waals surface area contributed by atoms with E-state index in [1.165, 1.54) is 0 Å². The molecular formula is C21H24N2O3. The molecule has 26 heavy (non-hydrogen) atoms. The molecule has 5 heteroatoms. The van der Waals surface area contributed by atoms with E-state index in [1.54, 1.807) is 26.2 Å². The summed E-state index contributed by atoms with van der Waals surface area (Å²) in [4.78, 5) is 14.8. The van der Waals surface area contributed by atoms with Crippen molar-refractivity contribution in [2.75, 3.05) is 21.3 Å². The summed E-state index contributed by atoms with van der Waals surface area (Å²) in [6.45, 7) is 3.33. The maximum atomic E-state index is 13.1. The highest BCUT2D eigenvalue weighted by Crippen LogP contribution is 2.32. The van der Waals surface area contributed by atoms with Gasteiger partial charge in [0.2, 0.25) is 0 Å². The maximum absolute atomic E-state index is 13.1. The van der Waals surface area contributed by atoms with Crippen molar-refractivity contribution >= 4 is 16.8 Å². The summed E-state index contributed by atoms with van der Waals surface area (Å²) in [6, 6.07) is 13.7. The number of benzene rings is 2. The van der Waals surface area contributed by atoms with Crippen LogP contribution in [0.1, 0.15) is 22.8 Å². The highest BCUT2D eigenvalue weighted by molar-refractivity contribution is 6.06. The molecule has 3 aromatic rings. The summed E-state index contributed by atoms with van der Waals surface area (Å²) in [7, 11) is 5.02. The smallest absolute Gasteiger partial charge is 0.256 e. The lowest BCUT2D eigenvalue weighted by Gasteiger charge is -2.19. The summed E-state index contributed by atoms with van der Waals surface area (Å²) in [5, 5.41) is 0.976. The van der Waals surface area contributed by atoms with E-state index in [9.17, 15) is 4.79 Å². The van der Waals surface area contributed by atoms with Crippen LogP contribution in [0, 0.1) is 0 Å². The molecule has 2 aromatic carbocycles. The number of amides is 1. The number of carbonyl (C=O) groups is 1. The molecule has 0 fully saturated rings. The van der Waals surface area contributed by atoms with Crippen molar-refractivity contribution in [3.8, 4) is 11.5 Å². The minimum Gasteiger partial charge on any atom is -0.493 e. The Hall–Kier alpha value is -2.95. The fraction of sp³-hybridized carbons (Fsp3) is 0.286. The van der Waals surface area contributed by atoms with E-state index in [0.717, 1.165) is 23.0 Å². The average Bonchev–Trinajstić information content (AvgIpc) is 3.05. The second kappa shape index (κ2) is 7.52. The molecule has 0 radical (unpaired) electrons. The van der Waals surface area contributed by atoms with Crippen LogP contribution in [-0.4, -0.2) is 36.6 Å². The zero-order valence-electron chi connectivity index (χ0n) is 15.7. The van der Waals surface area contributed by atoms with Crippen LogP contribution in [0.3, 0.4) is 0 Å². The highest BCUT2D eigenvalue weighted by Gasteiger charge is 2.20. The summed E-state index contributed by atoms with van der Waals surface area (Å²) >= 11 is 0. The largest absolute Gasteiger partial charge is 0.493 e. The standard InChI is InChI=1S/C21H24N2O3/c1-5-23-14-17(16-10-6-7-11-18(16)23)21(24)22(2)13-15-9-8-12-19(25-3)20(15)26-4/h6-12,14H,5,13H2,1-4H3. The predicted molar refractivity (Wildman–Crippen MR) is 103 cm³/mol. The molecule has 5 nitrogen and oxygen atoms in total. The first-order valence-corrected chi connectivity index (χ1v) is 8.63. The SMILES string of the molecule is CCn1cc(C(=O)N(C)Cc2cccc(OC)c2OC)c2ccccc21. The summed E-state index contributed by atoms with van der Waals surface area (Å²) in [6.07, 6.45) is 1.94. The molecule has 1 amide bonds. The van der Waals surface area contributed by atoms with Gasteiger partial charge < -0.3 is 18.9 Å². The Morgan fingerprint density at radius 3 is 2.54 bits per heavy atom. The fourth-order valence-electron chi connectivity index (χ4n) is 3.29. The third kappa shape index (κ3) is 3.12. The van der Waals surface area contributed by atoms with Crippen LogP contribution >= 0.6 is 0 Å². The van der Waals surface area contributed by atoms with Crippen LogP contribution in [-0.2, 0) is 13.1 Å². The molecule has 136 valence electrons. The number of nitrogens with zero attached hydrogens (tertiary/aromatic N) is 2. The maximum Gasteiger partial charge on any atom is 0.256 e. The first-order chi connectivity index (χ1) is 12.6. The van der Waals surface area contributed by atoms with Crippen LogP contribution in [0.5, 0.6) is 11.5 Å². The van der Waals surface area contributed by atoms with Gasteiger partial charge in [-0.15, -0.1) is 0 Å². The minimum absolute atomic E-state index is 0.0155. The Morgan fingerprint density at radius 1 is 1.08 bits per heavy atom. The number of fused-ring (bicyclic) bond motifs is 1. The van der Waals surface area contributed by atoms with E-state index in [1.807, 2.05) is 48.7 Å². The first-order valence-electron chi connectivity index (χ1n) is 8.63. The van der Waals surface area contributed by atoms with Crippen LogP contribution in [0.15, 0.2) is 48.7 Å². The molecule has 1 heterocycles. The minimum atomic E-state index is -0.0155. The van der Waals surface area contributed by atoms with Crippen molar-refractivity contribution < 1.29 is 14.3 Å². The summed E-state index contributed by atoms with van der Waals surface area (Å²) in [5.41, 5.74) is 2.69. The Morgan fingerprint density at radius 2 is 1.85 bits per heavy atom. The van der Waals surface area contributed by atoms with E-state index >= 15 is 0 Å². The number of aryl methyl sites for hydroxylation is 1. The monoisotopic (exact) mass is 352 g/mol. The predicted octanol–water partition coefficient (Wildman–Crippen LogP) is 3.95. The van der Waals surface area contributed by atoms with Gasteiger partial charge in [-0.3, -0.25) is 4.79 Å². The van der Waals surface area contributed by atoms with Gasteiger partial charge in [0.15, 0.2) is 11.5 Å². The fourth-order valence-corrected chi connectivity index (χ4v) is 3.29. The van der Waals surface area contributed by atoms with E-state index in [-0.39, 0.29) is 5.91 Å². The molecule has 0 unspecified atom stereocenters. The number of rotatable bonds is 6. The topological polar surface area (TPSA) is 43.7 Å². The number of hydrogen-bond acceptors (Lipinski definition) is 3. The molecule has 0 bridgehead atoms. The van der Waals surface area contributed by atoms with Gasteiger partial charge in [-0.2, -0.15) is 0 Å². The highest BCUT2D eigenvalue weighted by atomic mass is 16.5. The van der Waals surface area contributed by atoms with Gasteiger partial charge in [0.05, 0.1) is 19.8 Å². The molecule has 1 aromatic heterocycles. The zero-order chi connectivity index (χ0) is 18.7. The second-order valence-electron chi connectivity index (χ2n) is 6.16. The Balaban J connectivity index is 1.92. The van der Waals surface area contributed by atoms with Gasteiger partial charge in [-0.1, -0.05) is 30.3 Å². The molecule has 0 aliphatic rings. The number of carbonyl (C=O) groups excluding carboxylic acids is 1. The number of hydrogen-bond donors (Lipinski definition) is 0. The average molecular weight is 352 g/mol. The van der Waals surface area contributed by atoms with Crippen LogP contribution in [0.2, 0.25) is 0 Å². The summed E-state index contributed by atoms with van der Waals surface area (Å²) in [5.74, 6) is 1.30. The molecule has 0 saturated carbocycles. The van der Waals surface area contributed by atoms with Gasteiger partial charge >= 0.3 is 0 Å². The van der Waals surface area contributed by atoms with Crippen LogP contribution in [0.25, 0.3) is 10.9 Å². The van der Waals surface area contributed by atoms with E-state index in [2.05, 4.69) is 11.5 Å². The van der Waals surface area contributed by atoms with Gasteiger partial charge in [0.25, 0.3) is 5.91 Å². The quantitative estimate of drug-likeness (QED) is 0.675. The van der Waals surface area contributed by atoms with Crippen LogP contribution < -0.4 is 9.47 Å². The molecule has 0 aliphatic carbocycles.